The lowest BCUT2D eigenvalue weighted by Gasteiger charge is -2.28. The van der Waals surface area contributed by atoms with E-state index in [2.05, 4.69) is 21.2 Å². The van der Waals surface area contributed by atoms with Crippen LogP contribution in [0.5, 0.6) is 0 Å². The number of hydrogen-bond acceptors (Lipinski definition) is 2. The number of halogens is 1. The number of benzene rings is 1. The van der Waals surface area contributed by atoms with Crippen molar-refractivity contribution in [2.75, 3.05) is 6.61 Å². The van der Waals surface area contributed by atoms with Crippen molar-refractivity contribution in [2.24, 2.45) is 0 Å². The molecule has 4 heteroatoms. The standard InChI is InChI=1S/C13H16BrNO2/c1-9-8-10(6-7-17-9)15-13(16)11-4-2-3-5-12(11)14/h2-5,9-10H,6-8H2,1H3,(H,15,16). The summed E-state index contributed by atoms with van der Waals surface area (Å²) < 4.78 is 6.29. The summed E-state index contributed by atoms with van der Waals surface area (Å²) in [4.78, 5) is 12.1. The van der Waals surface area contributed by atoms with Crippen molar-refractivity contribution in [3.05, 3.63) is 34.3 Å². The van der Waals surface area contributed by atoms with Gasteiger partial charge in [0.1, 0.15) is 0 Å². The molecule has 2 atom stereocenters. The van der Waals surface area contributed by atoms with E-state index >= 15 is 0 Å². The molecule has 2 rings (SSSR count). The molecule has 1 aliphatic heterocycles. The molecule has 0 aliphatic carbocycles. The molecule has 92 valence electrons. The first-order chi connectivity index (χ1) is 8.16. The SMILES string of the molecule is CC1CC(NC(=O)c2ccccc2Br)CCO1. The summed E-state index contributed by atoms with van der Waals surface area (Å²) in [5.41, 5.74) is 0.687. The van der Waals surface area contributed by atoms with E-state index in [9.17, 15) is 4.79 Å². The van der Waals surface area contributed by atoms with Crippen molar-refractivity contribution >= 4 is 21.8 Å². The van der Waals surface area contributed by atoms with Gasteiger partial charge in [0.05, 0.1) is 11.7 Å². The predicted octanol–water partition coefficient (Wildman–Crippen LogP) is 2.75. The minimum atomic E-state index is -0.0171. The van der Waals surface area contributed by atoms with Gasteiger partial charge >= 0.3 is 0 Å². The van der Waals surface area contributed by atoms with E-state index in [0.717, 1.165) is 23.9 Å². The molecular weight excluding hydrogens is 282 g/mol. The van der Waals surface area contributed by atoms with Crippen LogP contribution in [0.3, 0.4) is 0 Å². The molecule has 0 aromatic heterocycles. The smallest absolute Gasteiger partial charge is 0.252 e. The maximum atomic E-state index is 12.1. The Kier molecular flexibility index (Phi) is 4.18. The number of carbonyl (C=O) groups excluding carboxylic acids is 1. The summed E-state index contributed by atoms with van der Waals surface area (Å²) in [6.45, 7) is 2.76. The Morgan fingerprint density at radius 1 is 1.47 bits per heavy atom. The van der Waals surface area contributed by atoms with Crippen molar-refractivity contribution in [1.29, 1.82) is 0 Å². The minimum Gasteiger partial charge on any atom is -0.378 e. The highest BCUT2D eigenvalue weighted by molar-refractivity contribution is 9.10. The lowest BCUT2D eigenvalue weighted by Crippen LogP contribution is -2.41. The van der Waals surface area contributed by atoms with Crippen LogP contribution in [-0.2, 0) is 4.74 Å². The Hall–Kier alpha value is -0.870. The summed E-state index contributed by atoms with van der Waals surface area (Å²) in [6.07, 6.45) is 2.00. The Balaban J connectivity index is 1.99. The fourth-order valence-electron chi connectivity index (χ4n) is 2.04. The second-order valence-corrected chi connectivity index (χ2v) is 5.21. The molecule has 1 aliphatic rings. The van der Waals surface area contributed by atoms with E-state index in [1.54, 1.807) is 0 Å². The van der Waals surface area contributed by atoms with Crippen molar-refractivity contribution in [2.45, 2.75) is 31.9 Å². The maximum absolute atomic E-state index is 12.1. The highest BCUT2D eigenvalue weighted by Gasteiger charge is 2.21. The van der Waals surface area contributed by atoms with Crippen LogP contribution in [0, 0.1) is 0 Å². The highest BCUT2D eigenvalue weighted by atomic mass is 79.9. The average molecular weight is 298 g/mol. The minimum absolute atomic E-state index is 0.0171. The molecule has 0 spiro atoms. The third kappa shape index (κ3) is 3.30. The highest BCUT2D eigenvalue weighted by Crippen LogP contribution is 2.18. The Labute approximate surface area is 110 Å². The molecule has 17 heavy (non-hydrogen) atoms. The number of hydrogen-bond donors (Lipinski definition) is 1. The first kappa shape index (κ1) is 12.6. The molecule has 1 fully saturated rings. The zero-order valence-corrected chi connectivity index (χ0v) is 11.4. The van der Waals surface area contributed by atoms with Crippen molar-refractivity contribution < 1.29 is 9.53 Å². The average Bonchev–Trinajstić information content (AvgIpc) is 2.29. The van der Waals surface area contributed by atoms with Gasteiger partial charge < -0.3 is 10.1 Å². The van der Waals surface area contributed by atoms with Gasteiger partial charge in [0.25, 0.3) is 5.91 Å². The van der Waals surface area contributed by atoms with Crippen LogP contribution in [0.4, 0.5) is 0 Å². The molecule has 0 bridgehead atoms. The Bertz CT molecular complexity index is 408. The van der Waals surface area contributed by atoms with Crippen LogP contribution < -0.4 is 5.32 Å². The van der Waals surface area contributed by atoms with E-state index in [-0.39, 0.29) is 18.1 Å². The van der Waals surface area contributed by atoms with Crippen molar-refractivity contribution in [3.63, 3.8) is 0 Å². The first-order valence-electron chi connectivity index (χ1n) is 5.84. The van der Waals surface area contributed by atoms with Gasteiger partial charge in [0.15, 0.2) is 0 Å². The van der Waals surface area contributed by atoms with E-state index in [4.69, 9.17) is 4.74 Å². The molecule has 0 saturated carbocycles. The lowest BCUT2D eigenvalue weighted by molar-refractivity contribution is 0.0136. The second kappa shape index (κ2) is 5.65. The zero-order chi connectivity index (χ0) is 12.3. The zero-order valence-electron chi connectivity index (χ0n) is 9.78. The summed E-state index contributed by atoms with van der Waals surface area (Å²) >= 11 is 3.39. The molecule has 1 heterocycles. The molecule has 1 amide bonds. The predicted molar refractivity (Wildman–Crippen MR) is 70.0 cm³/mol. The molecular formula is C13H16BrNO2. The molecule has 0 radical (unpaired) electrons. The third-order valence-electron chi connectivity index (χ3n) is 2.94. The molecule has 2 unspecified atom stereocenters. The van der Waals surface area contributed by atoms with E-state index in [0.29, 0.717) is 5.56 Å². The van der Waals surface area contributed by atoms with Gasteiger partial charge in [-0.25, -0.2) is 0 Å². The second-order valence-electron chi connectivity index (χ2n) is 4.36. The van der Waals surface area contributed by atoms with Crippen LogP contribution in [0.2, 0.25) is 0 Å². The molecule has 1 aromatic carbocycles. The number of amides is 1. The fourth-order valence-corrected chi connectivity index (χ4v) is 2.50. The molecule has 1 N–H and O–H groups in total. The Morgan fingerprint density at radius 2 is 2.24 bits per heavy atom. The normalized spacial score (nSPS) is 24.4. The van der Waals surface area contributed by atoms with Crippen LogP contribution >= 0.6 is 15.9 Å². The molecule has 1 saturated heterocycles. The van der Waals surface area contributed by atoms with Gasteiger partial charge in [0.2, 0.25) is 0 Å². The third-order valence-corrected chi connectivity index (χ3v) is 3.63. The first-order valence-corrected chi connectivity index (χ1v) is 6.63. The van der Waals surface area contributed by atoms with Crippen LogP contribution in [-0.4, -0.2) is 24.7 Å². The summed E-state index contributed by atoms with van der Waals surface area (Å²) in [5, 5.41) is 3.06. The van der Waals surface area contributed by atoms with Gasteiger partial charge in [-0.3, -0.25) is 4.79 Å². The van der Waals surface area contributed by atoms with Gasteiger partial charge in [-0.05, 0) is 47.8 Å². The Morgan fingerprint density at radius 3 is 2.94 bits per heavy atom. The molecule has 1 aromatic rings. The quantitative estimate of drug-likeness (QED) is 0.911. The summed E-state index contributed by atoms with van der Waals surface area (Å²) in [7, 11) is 0. The number of ether oxygens (including phenoxy) is 1. The van der Waals surface area contributed by atoms with E-state index in [1.165, 1.54) is 0 Å². The van der Waals surface area contributed by atoms with Crippen molar-refractivity contribution in [1.82, 2.24) is 5.32 Å². The summed E-state index contributed by atoms with van der Waals surface area (Å²) in [6, 6.07) is 7.69. The van der Waals surface area contributed by atoms with Gasteiger partial charge in [-0.15, -0.1) is 0 Å². The van der Waals surface area contributed by atoms with Gasteiger partial charge in [0, 0.05) is 17.1 Å². The summed E-state index contributed by atoms with van der Waals surface area (Å²) in [5.74, 6) is -0.0171. The van der Waals surface area contributed by atoms with E-state index < -0.39 is 0 Å². The molecule has 3 nitrogen and oxygen atoms in total. The number of nitrogens with one attached hydrogen (secondary N) is 1. The number of rotatable bonds is 2. The number of carbonyl (C=O) groups is 1. The van der Waals surface area contributed by atoms with Gasteiger partial charge in [-0.2, -0.15) is 0 Å². The van der Waals surface area contributed by atoms with Gasteiger partial charge in [-0.1, -0.05) is 12.1 Å². The largest absolute Gasteiger partial charge is 0.378 e. The van der Waals surface area contributed by atoms with Crippen LogP contribution in [0.1, 0.15) is 30.1 Å². The van der Waals surface area contributed by atoms with Crippen LogP contribution in [0.15, 0.2) is 28.7 Å². The van der Waals surface area contributed by atoms with E-state index in [1.807, 2.05) is 31.2 Å². The van der Waals surface area contributed by atoms with Crippen LogP contribution in [0.25, 0.3) is 0 Å². The topological polar surface area (TPSA) is 38.3 Å². The van der Waals surface area contributed by atoms with Crippen molar-refractivity contribution in [3.8, 4) is 0 Å². The lowest BCUT2D eigenvalue weighted by atomic mass is 10.0. The fraction of sp³-hybridized carbons (Fsp3) is 0.462. The monoisotopic (exact) mass is 297 g/mol. The maximum Gasteiger partial charge on any atom is 0.252 e.